The molecule has 0 fully saturated rings. The number of nitrogens with two attached hydrogens (primary N) is 1. The number of H-pyrrole nitrogens is 1. The highest BCUT2D eigenvalue weighted by atomic mass is 127. The molecule has 0 atom stereocenters. The van der Waals surface area contributed by atoms with Gasteiger partial charge in [-0.3, -0.25) is 9.89 Å². The zero-order chi connectivity index (χ0) is 13.1. The Morgan fingerprint density at radius 3 is 2.94 bits per heavy atom. The Kier molecular flexibility index (Phi) is 3.80. The first kappa shape index (κ1) is 12.8. The summed E-state index contributed by atoms with van der Waals surface area (Å²) >= 11 is 1.92. The average Bonchev–Trinajstić information content (AvgIpc) is 2.72. The lowest BCUT2D eigenvalue weighted by molar-refractivity contribution is 0.0950. The maximum Gasteiger partial charge on any atom is 0.252 e. The minimum Gasteiger partial charge on any atom is -0.384 e. The third-order valence-electron chi connectivity index (χ3n) is 2.37. The standard InChI is InChI=1S/C11H10FIN4O/c12-7-1-2-8(9(13)3-7)11(18)15-4-6-5-16-17-10(6)14/h1-3,5H,4H2,(H,15,18)(H3,14,16,17). The molecule has 1 aromatic heterocycles. The molecule has 0 aliphatic rings. The number of aromatic amines is 1. The van der Waals surface area contributed by atoms with Crippen LogP contribution in [0.3, 0.4) is 0 Å². The average molecular weight is 360 g/mol. The van der Waals surface area contributed by atoms with Gasteiger partial charge in [0.05, 0.1) is 11.8 Å². The van der Waals surface area contributed by atoms with Gasteiger partial charge < -0.3 is 11.1 Å². The molecular weight excluding hydrogens is 350 g/mol. The first-order valence-corrected chi connectivity index (χ1v) is 6.17. The van der Waals surface area contributed by atoms with Gasteiger partial charge in [0.2, 0.25) is 0 Å². The minimum absolute atomic E-state index is 0.272. The van der Waals surface area contributed by atoms with Crippen LogP contribution in [0.5, 0.6) is 0 Å². The van der Waals surface area contributed by atoms with E-state index in [0.29, 0.717) is 20.5 Å². The summed E-state index contributed by atoms with van der Waals surface area (Å²) < 4.78 is 13.5. The number of carbonyl (C=O) groups is 1. The van der Waals surface area contributed by atoms with Gasteiger partial charge >= 0.3 is 0 Å². The van der Waals surface area contributed by atoms with Crippen molar-refractivity contribution in [2.75, 3.05) is 5.73 Å². The SMILES string of the molecule is Nc1[nH]ncc1CNC(=O)c1ccc(F)cc1I. The van der Waals surface area contributed by atoms with Crippen LogP contribution in [0.25, 0.3) is 0 Å². The number of halogens is 2. The number of rotatable bonds is 3. The van der Waals surface area contributed by atoms with E-state index in [9.17, 15) is 9.18 Å². The lowest BCUT2D eigenvalue weighted by atomic mass is 10.2. The fourth-order valence-electron chi connectivity index (χ4n) is 1.41. The number of nitrogens with one attached hydrogen (secondary N) is 2. The summed E-state index contributed by atoms with van der Waals surface area (Å²) in [5.74, 6) is -0.223. The number of carbonyl (C=O) groups excluding carboxylic acids is 1. The molecule has 0 bridgehead atoms. The van der Waals surface area contributed by atoms with Gasteiger partial charge in [0.1, 0.15) is 11.6 Å². The number of amides is 1. The first-order chi connectivity index (χ1) is 8.58. The van der Waals surface area contributed by atoms with E-state index in [1.54, 1.807) is 6.20 Å². The molecule has 1 heterocycles. The van der Waals surface area contributed by atoms with Crippen LogP contribution in [0.1, 0.15) is 15.9 Å². The Hall–Kier alpha value is -1.64. The van der Waals surface area contributed by atoms with Gasteiger partial charge in [0.15, 0.2) is 0 Å². The quantitative estimate of drug-likeness (QED) is 0.728. The lowest BCUT2D eigenvalue weighted by Crippen LogP contribution is -2.24. The molecule has 0 unspecified atom stereocenters. The van der Waals surface area contributed by atoms with Crippen molar-refractivity contribution < 1.29 is 9.18 Å². The number of hydrogen-bond acceptors (Lipinski definition) is 3. The molecule has 4 N–H and O–H groups in total. The molecule has 0 aliphatic heterocycles. The van der Waals surface area contributed by atoms with Crippen molar-refractivity contribution in [3.63, 3.8) is 0 Å². The third-order valence-corrected chi connectivity index (χ3v) is 3.26. The third kappa shape index (κ3) is 2.78. The van der Waals surface area contributed by atoms with Crippen molar-refractivity contribution in [1.29, 1.82) is 0 Å². The second kappa shape index (κ2) is 5.34. The van der Waals surface area contributed by atoms with E-state index >= 15 is 0 Å². The lowest BCUT2D eigenvalue weighted by Gasteiger charge is -2.06. The molecule has 0 saturated heterocycles. The van der Waals surface area contributed by atoms with E-state index in [4.69, 9.17) is 5.73 Å². The number of anilines is 1. The minimum atomic E-state index is -0.366. The Labute approximate surface area is 116 Å². The van der Waals surface area contributed by atoms with E-state index in [2.05, 4.69) is 15.5 Å². The van der Waals surface area contributed by atoms with Crippen LogP contribution in [-0.2, 0) is 6.54 Å². The van der Waals surface area contributed by atoms with E-state index in [1.165, 1.54) is 18.2 Å². The van der Waals surface area contributed by atoms with Gasteiger partial charge in [0.25, 0.3) is 5.91 Å². The second-order valence-electron chi connectivity index (χ2n) is 3.62. The highest BCUT2D eigenvalue weighted by Gasteiger charge is 2.11. The molecule has 94 valence electrons. The molecule has 1 amide bonds. The van der Waals surface area contributed by atoms with Crippen LogP contribution >= 0.6 is 22.6 Å². The van der Waals surface area contributed by atoms with Crippen molar-refractivity contribution >= 4 is 34.3 Å². The molecule has 7 heteroatoms. The van der Waals surface area contributed by atoms with E-state index in [0.717, 1.165) is 0 Å². The predicted octanol–water partition coefficient (Wildman–Crippen LogP) is 1.67. The molecule has 5 nitrogen and oxygen atoms in total. The molecule has 0 spiro atoms. The van der Waals surface area contributed by atoms with Crippen LogP contribution in [0.15, 0.2) is 24.4 Å². The van der Waals surface area contributed by atoms with Gasteiger partial charge in [-0.1, -0.05) is 0 Å². The Morgan fingerprint density at radius 1 is 1.56 bits per heavy atom. The zero-order valence-electron chi connectivity index (χ0n) is 9.21. The van der Waals surface area contributed by atoms with Crippen molar-refractivity contribution in [2.45, 2.75) is 6.54 Å². The molecule has 0 radical (unpaired) electrons. The molecule has 0 saturated carbocycles. The fraction of sp³-hybridized carbons (Fsp3) is 0.0909. The van der Waals surface area contributed by atoms with E-state index in [1.807, 2.05) is 22.6 Å². The fourth-order valence-corrected chi connectivity index (χ4v) is 2.13. The summed E-state index contributed by atoms with van der Waals surface area (Å²) in [5.41, 5.74) is 6.73. The van der Waals surface area contributed by atoms with Gasteiger partial charge in [-0.25, -0.2) is 4.39 Å². The van der Waals surface area contributed by atoms with Gasteiger partial charge in [0, 0.05) is 15.7 Å². The molecular formula is C11H10FIN4O. The molecule has 0 aliphatic carbocycles. The molecule has 1 aromatic carbocycles. The van der Waals surface area contributed by atoms with Crippen molar-refractivity contribution in [2.24, 2.45) is 0 Å². The van der Waals surface area contributed by atoms with Crippen LogP contribution in [0.4, 0.5) is 10.2 Å². The molecule has 2 rings (SSSR count). The summed E-state index contributed by atoms with van der Waals surface area (Å²) in [7, 11) is 0. The van der Waals surface area contributed by atoms with Crippen molar-refractivity contribution in [3.05, 3.63) is 44.9 Å². The number of hydrogen-bond donors (Lipinski definition) is 3. The summed E-state index contributed by atoms with van der Waals surface area (Å²) in [6, 6.07) is 4.01. The van der Waals surface area contributed by atoms with E-state index < -0.39 is 0 Å². The van der Waals surface area contributed by atoms with Gasteiger partial charge in [-0.05, 0) is 40.8 Å². The molecule has 18 heavy (non-hydrogen) atoms. The first-order valence-electron chi connectivity index (χ1n) is 5.09. The van der Waals surface area contributed by atoms with Gasteiger partial charge in [-0.15, -0.1) is 0 Å². The Balaban J connectivity index is 2.06. The van der Waals surface area contributed by atoms with Crippen LogP contribution in [0, 0.1) is 9.39 Å². The predicted molar refractivity (Wildman–Crippen MR) is 73.3 cm³/mol. The maximum absolute atomic E-state index is 12.9. The number of nitrogens with zero attached hydrogens (tertiary/aromatic N) is 1. The summed E-state index contributed by atoms with van der Waals surface area (Å²) in [4.78, 5) is 11.9. The van der Waals surface area contributed by atoms with Gasteiger partial charge in [-0.2, -0.15) is 5.10 Å². The Morgan fingerprint density at radius 2 is 2.33 bits per heavy atom. The van der Waals surface area contributed by atoms with E-state index in [-0.39, 0.29) is 18.3 Å². The molecule has 2 aromatic rings. The largest absolute Gasteiger partial charge is 0.384 e. The summed E-state index contributed by atoms with van der Waals surface area (Å²) in [6.07, 6.45) is 1.55. The second-order valence-corrected chi connectivity index (χ2v) is 4.78. The topological polar surface area (TPSA) is 83.8 Å². The van der Waals surface area contributed by atoms with Crippen molar-refractivity contribution in [1.82, 2.24) is 15.5 Å². The number of benzene rings is 1. The maximum atomic E-state index is 12.9. The normalized spacial score (nSPS) is 10.3. The van der Waals surface area contributed by atoms with Crippen LogP contribution < -0.4 is 11.1 Å². The van der Waals surface area contributed by atoms with Crippen LogP contribution in [0.2, 0.25) is 0 Å². The van der Waals surface area contributed by atoms with Crippen LogP contribution in [-0.4, -0.2) is 16.1 Å². The zero-order valence-corrected chi connectivity index (χ0v) is 11.4. The monoisotopic (exact) mass is 360 g/mol. The smallest absolute Gasteiger partial charge is 0.252 e. The Bertz CT molecular complexity index is 584. The number of aromatic nitrogens is 2. The highest BCUT2D eigenvalue weighted by molar-refractivity contribution is 14.1. The summed E-state index contributed by atoms with van der Waals surface area (Å²) in [6.45, 7) is 0.272. The number of nitrogen functional groups attached to an aromatic ring is 1. The van der Waals surface area contributed by atoms with Crippen molar-refractivity contribution in [3.8, 4) is 0 Å². The summed E-state index contributed by atoms with van der Waals surface area (Å²) in [5, 5.41) is 9.02. The highest BCUT2D eigenvalue weighted by Crippen LogP contribution is 2.14.